The number of aliphatic hydroxyl groups is 1. The average Bonchev–Trinajstić information content (AvgIpc) is 2.66. The van der Waals surface area contributed by atoms with Crippen LogP contribution in [-0.2, 0) is 32.7 Å². The molecule has 0 aromatic rings. The molecule has 0 aromatic heterocycles. The van der Waals surface area contributed by atoms with Crippen molar-refractivity contribution in [1.29, 1.82) is 0 Å². The molecule has 0 amide bonds. The lowest BCUT2D eigenvalue weighted by molar-refractivity contribution is 0.0414. The monoisotopic (exact) mass is 358 g/mol. The summed E-state index contributed by atoms with van der Waals surface area (Å²) < 4.78 is 56.5. The first kappa shape index (κ1) is 20.1. The van der Waals surface area contributed by atoms with E-state index in [1.54, 1.807) is 21.7 Å². The van der Waals surface area contributed by atoms with Crippen LogP contribution in [0.3, 0.4) is 0 Å². The third-order valence-corrected chi connectivity index (χ3v) is 6.16. The summed E-state index contributed by atoms with van der Waals surface area (Å²) in [6, 6.07) is -0.373. The molecule has 8 nitrogen and oxygen atoms in total. The molecule has 0 spiro atoms. The van der Waals surface area contributed by atoms with E-state index in [1.807, 2.05) is 0 Å². The quantitative estimate of drug-likeness (QED) is 0.350. The largest absolute Gasteiger partial charge is 0.391 e. The summed E-state index contributed by atoms with van der Waals surface area (Å²) in [6.45, 7) is 3.43. The highest BCUT2D eigenvalue weighted by Crippen LogP contribution is 2.55. The molecule has 0 aliphatic carbocycles. The van der Waals surface area contributed by atoms with E-state index in [4.69, 9.17) is 18.0 Å². The number of ether oxygens (including phenoxy) is 1. The van der Waals surface area contributed by atoms with Crippen molar-refractivity contribution in [1.82, 2.24) is 0 Å². The second-order valence-corrected chi connectivity index (χ2v) is 8.91. The molecule has 0 bridgehead atoms. The molecule has 1 N–H and O–H groups in total. The molecular weight excluding hydrogens is 334 g/mol. The zero-order valence-corrected chi connectivity index (χ0v) is 15.0. The standard InChI is InChI=1S/C11H24BO8PS/c1-4-17-21(14,18-5-2)10(20-22(3,15)16)7-8-6-9(13)11(12)19-8/h8-11,13H,4-7,12H2,1-3H3/t8-,9-,10?,11+/m0/s1. The predicted octanol–water partition coefficient (Wildman–Crippen LogP) is 0.0539. The zero-order valence-electron chi connectivity index (χ0n) is 13.3. The number of hydrogen-bond acceptors (Lipinski definition) is 8. The molecule has 22 heavy (non-hydrogen) atoms. The van der Waals surface area contributed by atoms with E-state index in [2.05, 4.69) is 0 Å². The second kappa shape index (κ2) is 8.23. The molecule has 130 valence electrons. The van der Waals surface area contributed by atoms with Gasteiger partial charge in [-0.1, -0.05) is 0 Å². The fourth-order valence-corrected chi connectivity index (χ4v) is 5.27. The molecule has 1 rings (SSSR count). The Hall–Kier alpha value is 0.0449. The fraction of sp³-hybridized carbons (Fsp3) is 1.00. The molecule has 1 heterocycles. The van der Waals surface area contributed by atoms with Crippen LogP contribution in [-0.4, -0.2) is 64.9 Å². The minimum atomic E-state index is -3.86. The van der Waals surface area contributed by atoms with Crippen molar-refractivity contribution in [2.24, 2.45) is 0 Å². The Morgan fingerprint density at radius 3 is 2.27 bits per heavy atom. The number of aliphatic hydroxyl groups excluding tert-OH is 1. The Morgan fingerprint density at radius 2 is 1.91 bits per heavy atom. The van der Waals surface area contributed by atoms with Crippen LogP contribution in [0.5, 0.6) is 0 Å². The first-order chi connectivity index (χ1) is 10.1. The van der Waals surface area contributed by atoms with Crippen molar-refractivity contribution < 1.29 is 36.1 Å². The van der Waals surface area contributed by atoms with Crippen LogP contribution >= 0.6 is 7.60 Å². The average molecular weight is 358 g/mol. The highest BCUT2D eigenvalue weighted by atomic mass is 32.2. The fourth-order valence-electron chi connectivity index (χ4n) is 2.27. The van der Waals surface area contributed by atoms with Crippen LogP contribution in [0.15, 0.2) is 0 Å². The molecule has 4 atom stereocenters. The first-order valence-corrected chi connectivity index (χ1v) is 10.6. The minimum Gasteiger partial charge on any atom is -0.391 e. The summed E-state index contributed by atoms with van der Waals surface area (Å²) in [7, 11) is -5.93. The first-order valence-electron chi connectivity index (χ1n) is 7.21. The van der Waals surface area contributed by atoms with Gasteiger partial charge in [0.15, 0.2) is 5.85 Å². The minimum absolute atomic E-state index is 0.00819. The van der Waals surface area contributed by atoms with Crippen LogP contribution < -0.4 is 0 Å². The van der Waals surface area contributed by atoms with Gasteiger partial charge in [0.1, 0.15) is 7.85 Å². The maximum Gasteiger partial charge on any atom is 0.360 e. The number of rotatable bonds is 9. The van der Waals surface area contributed by atoms with E-state index in [-0.39, 0.29) is 25.6 Å². The molecule has 1 aliphatic rings. The maximum absolute atomic E-state index is 12.8. The van der Waals surface area contributed by atoms with E-state index in [0.29, 0.717) is 6.42 Å². The molecule has 1 saturated heterocycles. The molecule has 1 unspecified atom stereocenters. The summed E-state index contributed by atoms with van der Waals surface area (Å²) >= 11 is 0. The highest BCUT2D eigenvalue weighted by Gasteiger charge is 2.43. The van der Waals surface area contributed by atoms with Crippen LogP contribution in [0.2, 0.25) is 0 Å². The smallest absolute Gasteiger partial charge is 0.360 e. The Labute approximate surface area is 132 Å². The van der Waals surface area contributed by atoms with Crippen molar-refractivity contribution in [2.45, 2.75) is 50.7 Å². The van der Waals surface area contributed by atoms with E-state index >= 15 is 0 Å². The SMILES string of the molecule is B[C@@H]1O[C@H](CC(OS(C)(=O)=O)P(=O)(OCC)OCC)C[C@@H]1O. The molecule has 1 fully saturated rings. The second-order valence-electron chi connectivity index (χ2n) is 5.13. The Bertz CT molecular complexity index is 478. The highest BCUT2D eigenvalue weighted by molar-refractivity contribution is 7.86. The van der Waals surface area contributed by atoms with Gasteiger partial charge in [0, 0.05) is 12.8 Å². The lowest BCUT2D eigenvalue weighted by Gasteiger charge is -2.27. The van der Waals surface area contributed by atoms with E-state index in [9.17, 15) is 18.1 Å². The van der Waals surface area contributed by atoms with Crippen molar-refractivity contribution in [3.8, 4) is 0 Å². The Morgan fingerprint density at radius 1 is 1.36 bits per heavy atom. The molecule has 11 heteroatoms. The van der Waals surface area contributed by atoms with Crippen molar-refractivity contribution in [3.05, 3.63) is 0 Å². The van der Waals surface area contributed by atoms with Gasteiger partial charge in [0.05, 0.1) is 37.7 Å². The number of hydrogen-bond donors (Lipinski definition) is 1. The van der Waals surface area contributed by atoms with Crippen molar-refractivity contribution in [2.75, 3.05) is 19.5 Å². The van der Waals surface area contributed by atoms with Gasteiger partial charge < -0.3 is 18.9 Å². The van der Waals surface area contributed by atoms with Gasteiger partial charge in [-0.05, 0) is 13.8 Å². The molecule has 1 aliphatic heterocycles. The summed E-state index contributed by atoms with van der Waals surface area (Å²) in [5.41, 5.74) is 0. The topological polar surface area (TPSA) is 108 Å². The van der Waals surface area contributed by atoms with Gasteiger partial charge in [-0.2, -0.15) is 8.42 Å². The van der Waals surface area contributed by atoms with Gasteiger partial charge in [-0.3, -0.25) is 8.75 Å². The zero-order chi connectivity index (χ0) is 17.0. The molecule has 0 radical (unpaired) electrons. The summed E-state index contributed by atoms with van der Waals surface area (Å²) in [6.07, 6.45) is 0.0396. The maximum atomic E-state index is 12.8. The van der Waals surface area contributed by atoms with Gasteiger partial charge in [-0.15, -0.1) is 0 Å². The van der Waals surface area contributed by atoms with Gasteiger partial charge in [0.25, 0.3) is 10.1 Å². The van der Waals surface area contributed by atoms with E-state index in [1.165, 1.54) is 0 Å². The summed E-state index contributed by atoms with van der Waals surface area (Å²) in [5, 5.41) is 9.71. The Kier molecular flexibility index (Phi) is 7.52. The Balaban J connectivity index is 2.94. The van der Waals surface area contributed by atoms with Crippen molar-refractivity contribution >= 4 is 25.6 Å². The van der Waals surface area contributed by atoms with Gasteiger partial charge >= 0.3 is 7.60 Å². The summed E-state index contributed by atoms with van der Waals surface area (Å²) in [5.74, 6) is -1.30. The third kappa shape index (κ3) is 5.92. The van der Waals surface area contributed by atoms with Crippen LogP contribution in [0.1, 0.15) is 26.7 Å². The van der Waals surface area contributed by atoms with Crippen LogP contribution in [0.25, 0.3) is 0 Å². The molecule has 0 aromatic carbocycles. The lowest BCUT2D eigenvalue weighted by atomic mass is 9.94. The van der Waals surface area contributed by atoms with Gasteiger partial charge in [0.2, 0.25) is 0 Å². The lowest BCUT2D eigenvalue weighted by Crippen LogP contribution is -2.26. The molecular formula is C11H24BO8PS. The predicted molar refractivity (Wildman–Crippen MR) is 83.0 cm³/mol. The van der Waals surface area contributed by atoms with Crippen molar-refractivity contribution in [3.63, 3.8) is 0 Å². The van der Waals surface area contributed by atoms with E-state index < -0.39 is 35.8 Å². The normalized spacial score (nSPS) is 27.9. The van der Waals surface area contributed by atoms with E-state index in [0.717, 1.165) is 6.26 Å². The molecule has 0 saturated carbocycles. The van der Waals surface area contributed by atoms with Gasteiger partial charge in [-0.25, -0.2) is 0 Å². The summed E-state index contributed by atoms with van der Waals surface area (Å²) in [4.78, 5) is 0. The third-order valence-electron chi connectivity index (χ3n) is 3.17. The van der Waals surface area contributed by atoms with Crippen LogP contribution in [0.4, 0.5) is 0 Å². The van der Waals surface area contributed by atoms with Crippen LogP contribution in [0, 0.1) is 0 Å².